The lowest BCUT2D eigenvalue weighted by atomic mass is 10.1. The van der Waals surface area contributed by atoms with E-state index in [1.165, 1.54) is 0 Å². The molecule has 1 aliphatic rings. The van der Waals surface area contributed by atoms with Crippen LogP contribution in [0.5, 0.6) is 0 Å². The summed E-state index contributed by atoms with van der Waals surface area (Å²) in [5.74, 6) is -0.225. The van der Waals surface area contributed by atoms with Crippen LogP contribution in [-0.2, 0) is 19.2 Å². The Bertz CT molecular complexity index is 367. The zero-order valence-electron chi connectivity index (χ0n) is 11.2. The quantitative estimate of drug-likeness (QED) is 0.799. The molecule has 1 amide bonds. The van der Waals surface area contributed by atoms with E-state index in [-0.39, 0.29) is 13.3 Å². The van der Waals surface area contributed by atoms with Crippen LogP contribution in [0.3, 0.4) is 0 Å². The van der Waals surface area contributed by atoms with Crippen LogP contribution in [-0.4, -0.2) is 31.2 Å². The highest BCUT2D eigenvalue weighted by atomic mass is 32.2. The van der Waals surface area contributed by atoms with Gasteiger partial charge in [0.25, 0.3) is 10.1 Å². The van der Waals surface area contributed by atoms with E-state index in [0.717, 1.165) is 30.7 Å². The highest BCUT2D eigenvalue weighted by Gasteiger charge is 2.31. The summed E-state index contributed by atoms with van der Waals surface area (Å²) >= 11 is 0. The van der Waals surface area contributed by atoms with Gasteiger partial charge in [-0.05, 0) is 25.7 Å². The molecule has 1 heterocycles. The molecule has 0 radical (unpaired) electrons. The summed E-state index contributed by atoms with van der Waals surface area (Å²) in [4.78, 5) is 11.8. The Labute approximate surface area is 117 Å². The fourth-order valence-electron chi connectivity index (χ4n) is 2.02. The zero-order valence-corrected chi connectivity index (χ0v) is 12.0. The van der Waals surface area contributed by atoms with Crippen molar-refractivity contribution in [3.05, 3.63) is 0 Å². The van der Waals surface area contributed by atoms with Gasteiger partial charge < -0.3 is 0 Å². The van der Waals surface area contributed by atoms with Gasteiger partial charge >= 0.3 is 0 Å². The van der Waals surface area contributed by atoms with Gasteiger partial charge in [-0.15, -0.1) is 4.28 Å². The fourth-order valence-corrected chi connectivity index (χ4v) is 3.42. The summed E-state index contributed by atoms with van der Waals surface area (Å²) in [6.07, 6.45) is 4.78. The largest absolute Gasteiger partial charge is 0.291 e. The molecule has 0 aliphatic carbocycles. The Morgan fingerprint density at radius 1 is 1.32 bits per heavy atom. The Balaban J connectivity index is 0.00000324. The molecule has 1 rings (SSSR count). The molecular formula is C13H27NO4S. The Kier molecular flexibility index (Phi) is 8.25. The molecule has 114 valence electrons. The highest BCUT2D eigenvalue weighted by Crippen LogP contribution is 2.21. The summed E-state index contributed by atoms with van der Waals surface area (Å²) < 4.78 is 28.9. The summed E-state index contributed by atoms with van der Waals surface area (Å²) in [7, 11) is -3.65. The third-order valence-corrected chi connectivity index (χ3v) is 4.99. The third-order valence-electron chi connectivity index (χ3n) is 3.22. The molecule has 0 aromatic rings. The maximum absolute atomic E-state index is 12.0. The van der Waals surface area contributed by atoms with E-state index in [2.05, 4.69) is 0 Å². The first-order valence-corrected chi connectivity index (χ1v) is 8.22. The van der Waals surface area contributed by atoms with E-state index >= 15 is 0 Å². The molecule has 0 N–H and O–H groups in total. The van der Waals surface area contributed by atoms with E-state index in [1.54, 1.807) is 0 Å². The molecule has 0 aromatic carbocycles. The van der Waals surface area contributed by atoms with Gasteiger partial charge in [0.1, 0.15) is 0 Å². The molecule has 1 unspecified atom stereocenters. The van der Waals surface area contributed by atoms with Crippen LogP contribution in [0, 0.1) is 0 Å². The molecule has 1 aliphatic heterocycles. The Morgan fingerprint density at radius 3 is 2.58 bits per heavy atom. The number of hydrogen-bond donors (Lipinski definition) is 0. The monoisotopic (exact) mass is 293 g/mol. The average molecular weight is 293 g/mol. The van der Waals surface area contributed by atoms with Crippen LogP contribution in [0.1, 0.15) is 66.2 Å². The maximum atomic E-state index is 12.0. The van der Waals surface area contributed by atoms with E-state index in [1.807, 2.05) is 13.8 Å². The van der Waals surface area contributed by atoms with Gasteiger partial charge in [-0.1, -0.05) is 34.1 Å². The number of hydroxylamine groups is 2. The minimum absolute atomic E-state index is 0. The van der Waals surface area contributed by atoms with E-state index in [4.69, 9.17) is 4.28 Å². The first-order valence-electron chi connectivity index (χ1n) is 6.75. The second-order valence-electron chi connectivity index (χ2n) is 4.69. The summed E-state index contributed by atoms with van der Waals surface area (Å²) in [5, 5.41) is 0.562. The summed E-state index contributed by atoms with van der Waals surface area (Å²) in [6, 6.07) is 0. The van der Waals surface area contributed by atoms with Crippen molar-refractivity contribution in [2.75, 3.05) is 6.54 Å². The molecule has 0 bridgehead atoms. The predicted octanol–water partition coefficient (Wildman–Crippen LogP) is 2.87. The minimum Gasteiger partial charge on any atom is -0.273 e. The number of nitrogens with zero attached hydrogens (tertiary/aromatic N) is 1. The van der Waals surface area contributed by atoms with Gasteiger partial charge in [0.2, 0.25) is 5.91 Å². The normalized spacial score (nSPS) is 23.1. The van der Waals surface area contributed by atoms with Crippen molar-refractivity contribution in [1.29, 1.82) is 0 Å². The van der Waals surface area contributed by atoms with E-state index in [9.17, 15) is 13.2 Å². The number of amides is 1. The van der Waals surface area contributed by atoms with Crippen molar-refractivity contribution >= 4 is 16.0 Å². The first-order chi connectivity index (χ1) is 8.51. The van der Waals surface area contributed by atoms with E-state index < -0.39 is 15.4 Å². The van der Waals surface area contributed by atoms with Crippen molar-refractivity contribution in [2.45, 2.75) is 71.5 Å². The maximum Gasteiger partial charge on any atom is 0.291 e. The second kappa shape index (κ2) is 8.53. The lowest BCUT2D eigenvalue weighted by Crippen LogP contribution is -2.39. The Morgan fingerprint density at radius 2 is 2.00 bits per heavy atom. The number of hydrogen-bond acceptors (Lipinski definition) is 4. The van der Waals surface area contributed by atoms with Crippen LogP contribution in [0.2, 0.25) is 0 Å². The lowest BCUT2D eigenvalue weighted by Gasteiger charge is -2.26. The molecule has 5 nitrogen and oxygen atoms in total. The SMILES string of the molecule is C.CCCCC(=O)N1CCCCC(CC)S(=O)(=O)O1. The number of rotatable bonds is 4. The standard InChI is InChI=1S/C12H23NO4S.CH4/c1-3-5-9-12(14)13-10-7-6-8-11(4-2)18(15,16)17-13;/h11H,3-10H2,1-2H3;1H4. The van der Waals surface area contributed by atoms with Crippen LogP contribution in [0.4, 0.5) is 0 Å². The summed E-state index contributed by atoms with van der Waals surface area (Å²) in [5.41, 5.74) is 0. The van der Waals surface area contributed by atoms with Gasteiger partial charge in [-0.2, -0.15) is 8.42 Å². The van der Waals surface area contributed by atoms with Crippen molar-refractivity contribution in [2.24, 2.45) is 0 Å². The van der Waals surface area contributed by atoms with E-state index in [0.29, 0.717) is 25.8 Å². The molecule has 1 fully saturated rings. The molecule has 0 spiro atoms. The molecule has 0 aromatic heterocycles. The van der Waals surface area contributed by atoms with Crippen LogP contribution < -0.4 is 0 Å². The van der Waals surface area contributed by atoms with Crippen molar-refractivity contribution in [1.82, 2.24) is 5.06 Å². The molecular weight excluding hydrogens is 266 g/mol. The summed E-state index contributed by atoms with van der Waals surface area (Å²) in [6.45, 7) is 4.19. The highest BCUT2D eigenvalue weighted by molar-refractivity contribution is 7.87. The molecule has 1 atom stereocenters. The Hall–Kier alpha value is -0.620. The van der Waals surface area contributed by atoms with Gasteiger partial charge in [0, 0.05) is 6.42 Å². The van der Waals surface area contributed by atoms with Crippen LogP contribution in [0.25, 0.3) is 0 Å². The van der Waals surface area contributed by atoms with Crippen LogP contribution >= 0.6 is 0 Å². The number of unbranched alkanes of at least 4 members (excludes halogenated alkanes) is 1. The number of carbonyl (C=O) groups is 1. The first kappa shape index (κ1) is 18.4. The van der Waals surface area contributed by atoms with Gasteiger partial charge in [-0.25, -0.2) is 5.06 Å². The van der Waals surface area contributed by atoms with Gasteiger partial charge in [-0.3, -0.25) is 4.79 Å². The second-order valence-corrected chi connectivity index (χ2v) is 6.49. The third kappa shape index (κ3) is 5.48. The molecule has 6 heteroatoms. The van der Waals surface area contributed by atoms with Crippen molar-refractivity contribution < 1.29 is 17.5 Å². The fraction of sp³-hybridized carbons (Fsp3) is 0.923. The molecule has 1 saturated heterocycles. The zero-order chi connectivity index (χ0) is 13.6. The number of carbonyl (C=O) groups excluding carboxylic acids is 1. The molecule has 19 heavy (non-hydrogen) atoms. The molecule has 0 saturated carbocycles. The smallest absolute Gasteiger partial charge is 0.273 e. The van der Waals surface area contributed by atoms with Crippen LogP contribution in [0.15, 0.2) is 0 Å². The van der Waals surface area contributed by atoms with Gasteiger partial charge in [0.15, 0.2) is 0 Å². The van der Waals surface area contributed by atoms with Gasteiger partial charge in [0.05, 0.1) is 11.8 Å². The van der Waals surface area contributed by atoms with Crippen molar-refractivity contribution in [3.63, 3.8) is 0 Å². The van der Waals surface area contributed by atoms with Crippen molar-refractivity contribution in [3.8, 4) is 0 Å². The lowest BCUT2D eigenvalue weighted by molar-refractivity contribution is -0.157. The predicted molar refractivity (Wildman–Crippen MR) is 75.9 cm³/mol. The minimum atomic E-state index is -3.65. The average Bonchev–Trinajstić information content (AvgIpc) is 2.31. The topological polar surface area (TPSA) is 63.7 Å².